The summed E-state index contributed by atoms with van der Waals surface area (Å²) < 4.78 is 0. The van der Waals surface area contributed by atoms with Crippen molar-refractivity contribution in [2.75, 3.05) is 5.32 Å². The Morgan fingerprint density at radius 2 is 2.11 bits per heavy atom. The first-order valence-electron chi connectivity index (χ1n) is 9.07. The summed E-state index contributed by atoms with van der Waals surface area (Å²) in [7, 11) is 0. The minimum atomic E-state index is -0.313. The van der Waals surface area contributed by atoms with Crippen LogP contribution in [0.4, 0.5) is 5.69 Å². The predicted octanol–water partition coefficient (Wildman–Crippen LogP) is 1.28. The van der Waals surface area contributed by atoms with E-state index in [0.717, 1.165) is 24.1 Å². The lowest BCUT2D eigenvalue weighted by Crippen LogP contribution is -2.60. The molecule has 0 bridgehead atoms. The van der Waals surface area contributed by atoms with Gasteiger partial charge in [0.25, 0.3) is 0 Å². The van der Waals surface area contributed by atoms with Crippen molar-refractivity contribution in [3.8, 4) is 6.07 Å². The lowest BCUT2D eigenvalue weighted by Gasteiger charge is -2.35. The fourth-order valence-corrected chi connectivity index (χ4v) is 2.98. The van der Waals surface area contributed by atoms with Crippen molar-refractivity contribution in [1.29, 1.82) is 10.7 Å². The molecule has 1 aromatic rings. The van der Waals surface area contributed by atoms with Gasteiger partial charge in [-0.15, -0.1) is 0 Å². The molecule has 0 spiro atoms. The Labute approximate surface area is 159 Å². The quantitative estimate of drug-likeness (QED) is 0.243. The van der Waals surface area contributed by atoms with Crippen LogP contribution in [0.25, 0.3) is 0 Å². The van der Waals surface area contributed by atoms with Crippen LogP contribution < -0.4 is 27.5 Å². The van der Waals surface area contributed by atoms with Crippen LogP contribution in [-0.2, 0) is 6.42 Å². The number of hydrazine groups is 1. The summed E-state index contributed by atoms with van der Waals surface area (Å²) in [5.74, 6) is 6.82. The zero-order chi connectivity index (χ0) is 19.2. The van der Waals surface area contributed by atoms with Crippen molar-refractivity contribution in [2.45, 2.75) is 38.1 Å². The lowest BCUT2D eigenvalue weighted by molar-refractivity contribution is 0.228. The van der Waals surface area contributed by atoms with Crippen LogP contribution >= 0.6 is 0 Å². The second-order valence-corrected chi connectivity index (χ2v) is 6.81. The molecule has 8 heteroatoms. The Morgan fingerprint density at radius 1 is 1.37 bits per heavy atom. The third-order valence-corrected chi connectivity index (χ3v) is 4.87. The van der Waals surface area contributed by atoms with E-state index in [2.05, 4.69) is 22.0 Å². The van der Waals surface area contributed by atoms with Gasteiger partial charge in [-0.25, -0.2) is 5.84 Å². The number of hydrogen-bond acceptors (Lipinski definition) is 8. The summed E-state index contributed by atoms with van der Waals surface area (Å²) >= 11 is 0. The van der Waals surface area contributed by atoms with E-state index in [4.69, 9.17) is 22.2 Å². The van der Waals surface area contributed by atoms with E-state index < -0.39 is 0 Å². The first kappa shape index (κ1) is 18.8. The number of nitrogens with zero attached hydrogens (tertiary/aromatic N) is 2. The third kappa shape index (κ3) is 4.78. The van der Waals surface area contributed by atoms with Crippen LogP contribution in [0.1, 0.15) is 24.8 Å². The van der Waals surface area contributed by atoms with Gasteiger partial charge >= 0.3 is 0 Å². The van der Waals surface area contributed by atoms with E-state index in [1.807, 2.05) is 36.5 Å². The Morgan fingerprint density at radius 3 is 2.74 bits per heavy atom. The van der Waals surface area contributed by atoms with E-state index in [1.54, 1.807) is 6.08 Å². The predicted molar refractivity (Wildman–Crippen MR) is 106 cm³/mol. The molecular formula is C19H26N8. The van der Waals surface area contributed by atoms with Gasteiger partial charge in [0.1, 0.15) is 12.0 Å². The molecule has 2 unspecified atom stereocenters. The molecule has 1 fully saturated rings. The van der Waals surface area contributed by atoms with Crippen molar-refractivity contribution >= 4 is 11.4 Å². The van der Waals surface area contributed by atoms with E-state index in [9.17, 15) is 0 Å². The summed E-state index contributed by atoms with van der Waals surface area (Å²) in [6.45, 7) is 0. The number of nitrogens with one attached hydrogen (secondary N) is 4. The second kappa shape index (κ2) is 8.58. The highest BCUT2D eigenvalue weighted by Crippen LogP contribution is 2.27. The first-order valence-corrected chi connectivity index (χ1v) is 9.07. The van der Waals surface area contributed by atoms with Crippen molar-refractivity contribution < 1.29 is 0 Å². The SMILES string of the molecule is N#CCc1ccc(NC2NC=CC(N(N)/C(N)=C/C(=N)C3CCC3)N2)cc1. The Kier molecular flexibility index (Phi) is 5.96. The van der Waals surface area contributed by atoms with E-state index in [-0.39, 0.29) is 12.5 Å². The summed E-state index contributed by atoms with van der Waals surface area (Å²) in [4.78, 5) is 0. The molecule has 0 radical (unpaired) electrons. The minimum absolute atomic E-state index is 0.244. The summed E-state index contributed by atoms with van der Waals surface area (Å²) in [5.41, 5.74) is 8.52. The molecule has 0 amide bonds. The van der Waals surface area contributed by atoms with Gasteiger partial charge in [0.2, 0.25) is 0 Å². The minimum Gasteiger partial charge on any atom is -0.384 e. The van der Waals surface area contributed by atoms with Crippen molar-refractivity contribution in [2.24, 2.45) is 17.5 Å². The van der Waals surface area contributed by atoms with Gasteiger partial charge in [0.15, 0.2) is 6.29 Å². The maximum Gasteiger partial charge on any atom is 0.154 e. The second-order valence-electron chi connectivity index (χ2n) is 6.81. The van der Waals surface area contributed by atoms with Crippen molar-refractivity contribution in [1.82, 2.24) is 15.6 Å². The maximum atomic E-state index is 8.74. The zero-order valence-corrected chi connectivity index (χ0v) is 15.2. The van der Waals surface area contributed by atoms with Crippen LogP contribution in [0.5, 0.6) is 0 Å². The molecule has 1 aliphatic heterocycles. The summed E-state index contributed by atoms with van der Waals surface area (Å²) in [6, 6.07) is 9.83. The molecule has 1 heterocycles. The number of nitriles is 1. The topological polar surface area (TPSA) is 139 Å². The average molecular weight is 366 g/mol. The molecule has 8 N–H and O–H groups in total. The summed E-state index contributed by atoms with van der Waals surface area (Å²) in [6.07, 6.45) is 8.45. The monoisotopic (exact) mass is 366 g/mol. The molecule has 2 atom stereocenters. The van der Waals surface area contributed by atoms with Crippen LogP contribution in [0.2, 0.25) is 0 Å². The Hall–Kier alpha value is -3.02. The van der Waals surface area contributed by atoms with Crippen LogP contribution in [0.15, 0.2) is 48.4 Å². The largest absolute Gasteiger partial charge is 0.384 e. The smallest absolute Gasteiger partial charge is 0.154 e. The van der Waals surface area contributed by atoms with Crippen molar-refractivity contribution in [3.05, 3.63) is 54.0 Å². The standard InChI is InChI=1S/C19H26N8/c20-10-8-13-4-6-15(7-5-13)25-19-24-11-9-18(26-19)27(23)17(22)12-16(21)14-2-1-3-14/h4-7,9,11-12,14,18-19,21,24-26H,1-3,8,22-23H2/b17-12+,21-16?. The van der Waals surface area contributed by atoms with Crippen LogP contribution in [-0.4, -0.2) is 23.2 Å². The molecule has 1 aliphatic carbocycles. The molecule has 3 rings (SSSR count). The third-order valence-electron chi connectivity index (χ3n) is 4.87. The number of nitrogens with two attached hydrogens (primary N) is 2. The van der Waals surface area contributed by atoms with E-state index >= 15 is 0 Å². The highest BCUT2D eigenvalue weighted by atomic mass is 15.5. The maximum absolute atomic E-state index is 8.74. The van der Waals surface area contributed by atoms with Gasteiger partial charge in [-0.1, -0.05) is 18.6 Å². The molecular weight excluding hydrogens is 340 g/mol. The molecule has 1 aromatic carbocycles. The number of rotatable bonds is 7. The molecule has 1 saturated carbocycles. The van der Waals surface area contributed by atoms with E-state index in [1.165, 1.54) is 11.4 Å². The number of benzene rings is 1. The number of allylic oxidation sites excluding steroid dienone is 1. The van der Waals surface area contributed by atoms with Gasteiger partial charge in [0.05, 0.1) is 12.5 Å². The molecule has 0 saturated heterocycles. The number of anilines is 1. The van der Waals surface area contributed by atoms with Crippen LogP contribution in [0.3, 0.4) is 0 Å². The Balaban J connectivity index is 1.57. The average Bonchev–Trinajstić information content (AvgIpc) is 2.61. The first-order chi connectivity index (χ1) is 13.1. The molecule has 27 heavy (non-hydrogen) atoms. The fraction of sp³-hybridized carbons (Fsp3) is 0.368. The van der Waals surface area contributed by atoms with Crippen LogP contribution in [0, 0.1) is 22.7 Å². The van der Waals surface area contributed by atoms with Gasteiger partial charge in [-0.2, -0.15) is 5.26 Å². The van der Waals surface area contributed by atoms with E-state index in [0.29, 0.717) is 23.9 Å². The molecule has 142 valence electrons. The fourth-order valence-electron chi connectivity index (χ4n) is 2.98. The zero-order valence-electron chi connectivity index (χ0n) is 15.2. The highest BCUT2D eigenvalue weighted by Gasteiger charge is 2.24. The van der Waals surface area contributed by atoms with Gasteiger partial charge in [0, 0.05) is 23.4 Å². The summed E-state index contributed by atoms with van der Waals surface area (Å²) in [5, 5.41) is 28.0. The molecule has 8 nitrogen and oxygen atoms in total. The molecule has 2 aliphatic rings. The molecule has 0 aromatic heterocycles. The Bertz CT molecular complexity index is 757. The van der Waals surface area contributed by atoms with Gasteiger partial charge in [-0.3, -0.25) is 10.3 Å². The highest BCUT2D eigenvalue weighted by molar-refractivity contribution is 5.95. The van der Waals surface area contributed by atoms with Crippen molar-refractivity contribution in [3.63, 3.8) is 0 Å². The lowest BCUT2D eigenvalue weighted by atomic mass is 9.81. The van der Waals surface area contributed by atoms with Gasteiger partial charge < -0.3 is 21.8 Å². The number of hydrogen-bond donors (Lipinski definition) is 6. The van der Waals surface area contributed by atoms with Gasteiger partial charge in [-0.05, 0) is 42.8 Å². The normalized spacial score (nSPS) is 22.3.